The minimum Gasteiger partial charge on any atom is -0.292 e. The Bertz CT molecular complexity index is 1990. The van der Waals surface area contributed by atoms with Crippen molar-refractivity contribution in [3.63, 3.8) is 0 Å². The van der Waals surface area contributed by atoms with Crippen LogP contribution in [0.15, 0.2) is 122 Å². The zero-order valence-corrected chi connectivity index (χ0v) is 21.6. The third kappa shape index (κ3) is 3.52. The van der Waals surface area contributed by atoms with Gasteiger partial charge in [-0.1, -0.05) is 92.0 Å². The number of fused-ring (bicyclic) bond motifs is 5. The highest BCUT2D eigenvalue weighted by Gasteiger charge is 2.16. The Labute approximate surface area is 225 Å². The van der Waals surface area contributed by atoms with Crippen molar-refractivity contribution in [2.24, 2.45) is 0 Å². The van der Waals surface area contributed by atoms with Crippen molar-refractivity contribution in [3.05, 3.63) is 134 Å². The monoisotopic (exact) mass is 504 g/mol. The molecule has 3 heterocycles. The molecule has 3 heteroatoms. The highest BCUT2D eigenvalue weighted by Crippen LogP contribution is 2.37. The highest BCUT2D eigenvalue weighted by molar-refractivity contribution is 7.18. The van der Waals surface area contributed by atoms with Crippen molar-refractivity contribution >= 4 is 50.9 Å². The van der Waals surface area contributed by atoms with E-state index in [4.69, 9.17) is 4.98 Å². The molecule has 0 radical (unpaired) electrons. The van der Waals surface area contributed by atoms with E-state index in [2.05, 4.69) is 115 Å². The van der Waals surface area contributed by atoms with Crippen LogP contribution < -0.4 is 0 Å². The molecule has 180 valence electrons. The second-order valence-electron chi connectivity index (χ2n) is 9.33. The minimum atomic E-state index is 0.940. The molecule has 0 spiro atoms. The van der Waals surface area contributed by atoms with Crippen molar-refractivity contribution < 1.29 is 0 Å². The lowest BCUT2D eigenvalue weighted by molar-refractivity contribution is 1.21. The first kappa shape index (κ1) is 22.5. The number of pyridine rings is 1. The van der Waals surface area contributed by atoms with Gasteiger partial charge in [0.05, 0.1) is 16.7 Å². The summed E-state index contributed by atoms with van der Waals surface area (Å²) in [6.45, 7) is 8.28. The predicted molar refractivity (Wildman–Crippen MR) is 165 cm³/mol. The summed E-state index contributed by atoms with van der Waals surface area (Å²) in [4.78, 5) is 7.54. The Hall–Kier alpha value is -4.73. The van der Waals surface area contributed by atoms with Crippen molar-refractivity contribution in [2.45, 2.75) is 0 Å². The summed E-state index contributed by atoms with van der Waals surface area (Å²) in [7, 11) is 0. The maximum Gasteiger partial charge on any atom is 0.146 e. The van der Waals surface area contributed by atoms with E-state index >= 15 is 0 Å². The van der Waals surface area contributed by atoms with Crippen LogP contribution in [0.1, 0.15) is 11.3 Å². The largest absolute Gasteiger partial charge is 0.292 e. The lowest BCUT2D eigenvalue weighted by Crippen LogP contribution is -1.97. The van der Waals surface area contributed by atoms with Crippen LogP contribution in [-0.4, -0.2) is 9.38 Å². The van der Waals surface area contributed by atoms with E-state index in [1.165, 1.54) is 32.0 Å². The van der Waals surface area contributed by atoms with Crippen LogP contribution in [0.2, 0.25) is 0 Å². The topological polar surface area (TPSA) is 17.3 Å². The number of para-hydroxylation sites is 2. The van der Waals surface area contributed by atoms with Crippen molar-refractivity contribution in [2.75, 3.05) is 0 Å². The molecular formula is C35H24N2S. The third-order valence-corrected chi connectivity index (χ3v) is 8.38. The van der Waals surface area contributed by atoms with Crippen LogP contribution in [0, 0.1) is 0 Å². The van der Waals surface area contributed by atoms with E-state index in [1.807, 2.05) is 35.6 Å². The normalized spacial score (nSPS) is 11.4. The summed E-state index contributed by atoms with van der Waals surface area (Å²) in [6.07, 6.45) is 3.84. The zero-order chi connectivity index (χ0) is 25.6. The van der Waals surface area contributed by atoms with Gasteiger partial charge < -0.3 is 0 Å². The third-order valence-electron chi connectivity index (χ3n) is 7.19. The standard InChI is InChI=1S/C35H24N2S/c1-3-27-29-22-26(18-19-28(29)35-36-30-12-8-9-13-32(30)37(35)31(27)4-2)23-14-16-25(17-15-23)34-21-20-33(38-34)24-10-6-5-7-11-24/h3-22H,1-2H2. The summed E-state index contributed by atoms with van der Waals surface area (Å²) in [5, 5.41) is 2.24. The summed E-state index contributed by atoms with van der Waals surface area (Å²) in [5.41, 5.74) is 9.90. The molecule has 0 saturated heterocycles. The minimum absolute atomic E-state index is 0.940. The Morgan fingerprint density at radius 1 is 0.605 bits per heavy atom. The van der Waals surface area contributed by atoms with Crippen LogP contribution in [0.3, 0.4) is 0 Å². The van der Waals surface area contributed by atoms with E-state index in [9.17, 15) is 0 Å². The summed E-state index contributed by atoms with van der Waals surface area (Å²) < 4.78 is 2.20. The molecule has 4 aromatic carbocycles. The van der Waals surface area contributed by atoms with E-state index in [0.29, 0.717) is 0 Å². The molecule has 0 amide bonds. The molecule has 0 atom stereocenters. The zero-order valence-electron chi connectivity index (χ0n) is 20.8. The number of hydrogen-bond acceptors (Lipinski definition) is 2. The maximum absolute atomic E-state index is 4.98. The second-order valence-corrected chi connectivity index (χ2v) is 10.4. The van der Waals surface area contributed by atoms with E-state index in [-0.39, 0.29) is 0 Å². The number of aromatic nitrogens is 2. The maximum atomic E-state index is 4.98. The van der Waals surface area contributed by atoms with Gasteiger partial charge in [-0.05, 0) is 70.1 Å². The van der Waals surface area contributed by atoms with Gasteiger partial charge >= 0.3 is 0 Å². The lowest BCUT2D eigenvalue weighted by Gasteiger charge is -2.13. The van der Waals surface area contributed by atoms with Gasteiger partial charge in [0.15, 0.2) is 0 Å². The van der Waals surface area contributed by atoms with Crippen LogP contribution in [0.5, 0.6) is 0 Å². The SMILES string of the molecule is C=Cc1c(C=C)n2c3ccccc3nc2c2ccc(-c3ccc(-c4ccc(-c5ccccc5)s4)cc3)cc12. The second kappa shape index (κ2) is 8.98. The van der Waals surface area contributed by atoms with Crippen LogP contribution in [-0.2, 0) is 0 Å². The fourth-order valence-electron chi connectivity index (χ4n) is 5.34. The molecule has 0 N–H and O–H groups in total. The Morgan fingerprint density at radius 3 is 2.00 bits per heavy atom. The van der Waals surface area contributed by atoms with Crippen LogP contribution in [0.25, 0.3) is 71.6 Å². The first-order valence-electron chi connectivity index (χ1n) is 12.6. The summed E-state index contributed by atoms with van der Waals surface area (Å²) in [5.74, 6) is 0. The predicted octanol–water partition coefficient (Wildman–Crippen LogP) is 9.99. The van der Waals surface area contributed by atoms with Crippen LogP contribution >= 0.6 is 11.3 Å². The highest BCUT2D eigenvalue weighted by atomic mass is 32.1. The number of hydrogen-bond donors (Lipinski definition) is 0. The summed E-state index contributed by atoms with van der Waals surface area (Å²) in [6, 6.07) is 38.7. The van der Waals surface area contributed by atoms with Crippen molar-refractivity contribution in [3.8, 4) is 32.0 Å². The fourth-order valence-corrected chi connectivity index (χ4v) is 6.36. The molecular weight excluding hydrogens is 480 g/mol. The quantitative estimate of drug-likeness (QED) is 0.228. The average molecular weight is 505 g/mol. The van der Waals surface area contributed by atoms with Crippen molar-refractivity contribution in [1.29, 1.82) is 0 Å². The first-order chi connectivity index (χ1) is 18.7. The first-order valence-corrected chi connectivity index (χ1v) is 13.4. The number of thiophene rings is 1. The van der Waals surface area contributed by atoms with E-state index < -0.39 is 0 Å². The molecule has 2 nitrogen and oxygen atoms in total. The van der Waals surface area contributed by atoms with E-state index in [1.54, 1.807) is 0 Å². The molecule has 0 fully saturated rings. The molecule has 0 unspecified atom stereocenters. The number of benzene rings is 4. The lowest BCUT2D eigenvalue weighted by atomic mass is 9.97. The molecule has 38 heavy (non-hydrogen) atoms. The summed E-state index contributed by atoms with van der Waals surface area (Å²) >= 11 is 1.82. The van der Waals surface area contributed by atoms with Gasteiger partial charge in [0.25, 0.3) is 0 Å². The Kier molecular flexibility index (Phi) is 5.31. The van der Waals surface area contributed by atoms with Gasteiger partial charge in [0.1, 0.15) is 5.65 Å². The van der Waals surface area contributed by atoms with Gasteiger partial charge in [0, 0.05) is 20.7 Å². The molecule has 0 bridgehead atoms. The van der Waals surface area contributed by atoms with Crippen molar-refractivity contribution in [1.82, 2.24) is 9.38 Å². The Morgan fingerprint density at radius 2 is 1.26 bits per heavy atom. The Balaban J connectivity index is 1.32. The molecule has 0 saturated carbocycles. The van der Waals surface area contributed by atoms with Gasteiger partial charge in [-0.3, -0.25) is 4.40 Å². The van der Waals surface area contributed by atoms with Gasteiger partial charge in [-0.25, -0.2) is 4.98 Å². The smallest absolute Gasteiger partial charge is 0.146 e. The van der Waals surface area contributed by atoms with Gasteiger partial charge in [0.2, 0.25) is 0 Å². The molecule has 0 aliphatic carbocycles. The molecule has 0 aliphatic heterocycles. The molecule has 7 aromatic rings. The molecule has 3 aromatic heterocycles. The van der Waals surface area contributed by atoms with Crippen LogP contribution in [0.4, 0.5) is 0 Å². The number of nitrogens with zero attached hydrogens (tertiary/aromatic N) is 2. The molecule has 0 aliphatic rings. The number of imidazole rings is 1. The number of rotatable bonds is 5. The molecule has 7 rings (SSSR count). The fraction of sp³-hybridized carbons (Fsp3) is 0. The average Bonchev–Trinajstić information content (AvgIpc) is 3.63. The van der Waals surface area contributed by atoms with E-state index in [0.717, 1.165) is 38.7 Å². The van der Waals surface area contributed by atoms with Gasteiger partial charge in [-0.2, -0.15) is 0 Å². The van der Waals surface area contributed by atoms with Gasteiger partial charge in [-0.15, -0.1) is 11.3 Å².